The monoisotopic (exact) mass is 342 g/mol. The summed E-state index contributed by atoms with van der Waals surface area (Å²) in [6.07, 6.45) is 4.36. The van der Waals surface area contributed by atoms with Crippen LogP contribution in [0.4, 0.5) is 5.82 Å². The number of aromatic nitrogens is 1. The number of nitrogens with one attached hydrogen (secondary N) is 1. The third-order valence-electron chi connectivity index (χ3n) is 3.12. The number of anilines is 1. The number of aryl methyl sites for hydroxylation is 1. The smallest absolute Gasteiger partial charge is 0.227 e. The number of ether oxygens (including phenoxy) is 2. The first-order valence-electron chi connectivity index (χ1n) is 6.76. The second kappa shape index (κ2) is 7.71. The van der Waals surface area contributed by atoms with Gasteiger partial charge >= 0.3 is 0 Å². The van der Waals surface area contributed by atoms with E-state index in [4.69, 9.17) is 9.47 Å². The van der Waals surface area contributed by atoms with Gasteiger partial charge in [0.25, 0.3) is 0 Å². The van der Waals surface area contributed by atoms with E-state index >= 15 is 0 Å². The fraction of sp³-hybridized carbons (Fsp3) is 0.571. The van der Waals surface area contributed by atoms with Gasteiger partial charge in [-0.25, -0.2) is 4.98 Å². The van der Waals surface area contributed by atoms with Crippen LogP contribution in [0.3, 0.4) is 0 Å². The lowest BCUT2D eigenvalue weighted by atomic mass is 10.2. The van der Waals surface area contributed by atoms with Gasteiger partial charge in [0, 0.05) is 17.3 Å². The summed E-state index contributed by atoms with van der Waals surface area (Å²) in [6.45, 7) is 3.75. The van der Waals surface area contributed by atoms with Gasteiger partial charge in [-0.3, -0.25) is 4.79 Å². The molecule has 1 atom stereocenters. The summed E-state index contributed by atoms with van der Waals surface area (Å²) in [5.41, 5.74) is 1.03. The Kier molecular flexibility index (Phi) is 5.94. The lowest BCUT2D eigenvalue weighted by molar-refractivity contribution is -0.117. The maximum atomic E-state index is 11.7. The molecule has 1 aromatic rings. The lowest BCUT2D eigenvalue weighted by Crippen LogP contribution is -2.18. The van der Waals surface area contributed by atoms with E-state index in [1.54, 1.807) is 6.20 Å². The number of hydrogen-bond donors (Lipinski definition) is 1. The summed E-state index contributed by atoms with van der Waals surface area (Å²) in [7, 11) is 0. The van der Waals surface area contributed by atoms with E-state index in [0.717, 1.165) is 29.5 Å². The maximum absolute atomic E-state index is 11.7. The number of pyridine rings is 1. The largest absolute Gasteiger partial charge is 0.378 e. The SMILES string of the molecule is Cc1cc(NC(=O)CCOC[C@@H]2CCCO2)ncc1Br. The van der Waals surface area contributed by atoms with Crippen LogP contribution in [-0.2, 0) is 14.3 Å². The van der Waals surface area contributed by atoms with Gasteiger partial charge in [0.1, 0.15) is 5.82 Å². The average Bonchev–Trinajstić information content (AvgIpc) is 2.92. The van der Waals surface area contributed by atoms with Crippen molar-refractivity contribution >= 4 is 27.7 Å². The number of carbonyl (C=O) groups excluding carboxylic acids is 1. The summed E-state index contributed by atoms with van der Waals surface area (Å²) in [4.78, 5) is 15.9. The number of amides is 1. The molecule has 1 N–H and O–H groups in total. The van der Waals surface area contributed by atoms with E-state index in [2.05, 4.69) is 26.2 Å². The Labute approximate surface area is 127 Å². The van der Waals surface area contributed by atoms with Gasteiger partial charge in [-0.15, -0.1) is 0 Å². The van der Waals surface area contributed by atoms with Crippen LogP contribution in [0.2, 0.25) is 0 Å². The number of carbonyl (C=O) groups is 1. The van der Waals surface area contributed by atoms with E-state index in [9.17, 15) is 4.79 Å². The lowest BCUT2D eigenvalue weighted by Gasteiger charge is -2.10. The van der Waals surface area contributed by atoms with E-state index in [-0.39, 0.29) is 12.0 Å². The highest BCUT2D eigenvalue weighted by atomic mass is 79.9. The van der Waals surface area contributed by atoms with Crippen LogP contribution in [0.15, 0.2) is 16.7 Å². The average molecular weight is 343 g/mol. The molecule has 5 nitrogen and oxygen atoms in total. The predicted molar refractivity (Wildman–Crippen MR) is 79.7 cm³/mol. The summed E-state index contributed by atoms with van der Waals surface area (Å²) in [5.74, 6) is 0.474. The second-order valence-corrected chi connectivity index (χ2v) is 5.68. The number of nitrogens with zero attached hydrogens (tertiary/aromatic N) is 1. The zero-order chi connectivity index (χ0) is 14.4. The molecule has 1 aromatic heterocycles. The molecular formula is C14H19BrN2O3. The van der Waals surface area contributed by atoms with E-state index < -0.39 is 0 Å². The second-order valence-electron chi connectivity index (χ2n) is 4.83. The molecule has 0 spiro atoms. The quantitative estimate of drug-likeness (QED) is 0.807. The minimum absolute atomic E-state index is 0.0911. The van der Waals surface area contributed by atoms with Gasteiger partial charge in [-0.1, -0.05) is 0 Å². The summed E-state index contributed by atoms with van der Waals surface area (Å²) in [6, 6.07) is 1.83. The van der Waals surface area contributed by atoms with Crippen LogP contribution in [0.5, 0.6) is 0 Å². The van der Waals surface area contributed by atoms with Crippen molar-refractivity contribution < 1.29 is 14.3 Å². The van der Waals surface area contributed by atoms with E-state index in [1.165, 1.54) is 0 Å². The maximum Gasteiger partial charge on any atom is 0.227 e. The van der Waals surface area contributed by atoms with Crippen molar-refractivity contribution in [2.24, 2.45) is 0 Å². The molecule has 2 heterocycles. The summed E-state index contributed by atoms with van der Waals surface area (Å²) < 4.78 is 11.8. The molecule has 0 bridgehead atoms. The van der Waals surface area contributed by atoms with Gasteiger partial charge in [0.2, 0.25) is 5.91 Å². The molecule has 1 amide bonds. The Morgan fingerprint density at radius 2 is 2.50 bits per heavy atom. The molecule has 1 aliphatic rings. The molecule has 1 aliphatic heterocycles. The third kappa shape index (κ3) is 4.85. The van der Waals surface area contributed by atoms with Crippen molar-refractivity contribution in [1.82, 2.24) is 4.98 Å². The fourth-order valence-corrected chi connectivity index (χ4v) is 2.19. The van der Waals surface area contributed by atoms with Crippen molar-refractivity contribution in [2.45, 2.75) is 32.3 Å². The Bertz CT molecular complexity index is 462. The zero-order valence-corrected chi connectivity index (χ0v) is 13.1. The van der Waals surface area contributed by atoms with Gasteiger partial charge in [0.05, 0.1) is 25.7 Å². The highest BCUT2D eigenvalue weighted by Crippen LogP contribution is 2.17. The predicted octanol–water partition coefficient (Wildman–Crippen LogP) is 2.68. The Balaban J connectivity index is 1.65. The standard InChI is InChI=1S/C14H19BrN2O3/c1-10-7-13(16-8-12(10)15)17-14(18)4-6-19-9-11-3-2-5-20-11/h7-8,11H,2-6,9H2,1H3,(H,16,17,18)/t11-/m0/s1. The van der Waals surface area contributed by atoms with Crippen molar-refractivity contribution in [3.8, 4) is 0 Å². The molecule has 1 saturated heterocycles. The molecule has 0 unspecified atom stereocenters. The molecular weight excluding hydrogens is 324 g/mol. The van der Waals surface area contributed by atoms with Crippen molar-refractivity contribution in [2.75, 3.05) is 25.1 Å². The molecule has 0 saturated carbocycles. The molecule has 110 valence electrons. The first-order valence-corrected chi connectivity index (χ1v) is 7.56. The van der Waals surface area contributed by atoms with Crippen LogP contribution in [-0.4, -0.2) is 36.8 Å². The molecule has 0 aromatic carbocycles. The Morgan fingerprint density at radius 1 is 1.65 bits per heavy atom. The topological polar surface area (TPSA) is 60.5 Å². The minimum atomic E-state index is -0.0911. The molecule has 0 aliphatic carbocycles. The molecule has 6 heteroatoms. The van der Waals surface area contributed by atoms with Crippen LogP contribution in [0.1, 0.15) is 24.8 Å². The Morgan fingerprint density at radius 3 is 3.20 bits per heavy atom. The Hall–Kier alpha value is -0.980. The molecule has 1 fully saturated rings. The normalized spacial score (nSPS) is 18.2. The molecule has 20 heavy (non-hydrogen) atoms. The van der Waals surface area contributed by atoms with Gasteiger partial charge in [0.15, 0.2) is 0 Å². The number of hydrogen-bond acceptors (Lipinski definition) is 4. The zero-order valence-electron chi connectivity index (χ0n) is 11.5. The van der Waals surface area contributed by atoms with E-state index in [0.29, 0.717) is 25.5 Å². The van der Waals surface area contributed by atoms with Crippen LogP contribution < -0.4 is 5.32 Å². The van der Waals surface area contributed by atoms with Gasteiger partial charge in [-0.05, 0) is 47.3 Å². The number of halogens is 1. The van der Waals surface area contributed by atoms with Crippen molar-refractivity contribution in [3.05, 3.63) is 22.3 Å². The van der Waals surface area contributed by atoms with E-state index in [1.807, 2.05) is 13.0 Å². The van der Waals surface area contributed by atoms with Gasteiger partial charge < -0.3 is 14.8 Å². The first-order chi connectivity index (χ1) is 9.65. The fourth-order valence-electron chi connectivity index (χ4n) is 1.97. The van der Waals surface area contributed by atoms with Crippen LogP contribution in [0.25, 0.3) is 0 Å². The summed E-state index contributed by atoms with van der Waals surface area (Å²) in [5, 5.41) is 2.76. The molecule has 2 rings (SSSR count). The number of rotatable bonds is 6. The first kappa shape index (κ1) is 15.4. The van der Waals surface area contributed by atoms with Crippen LogP contribution >= 0.6 is 15.9 Å². The summed E-state index contributed by atoms with van der Waals surface area (Å²) >= 11 is 3.37. The molecule has 0 radical (unpaired) electrons. The third-order valence-corrected chi connectivity index (χ3v) is 3.95. The van der Waals surface area contributed by atoms with Crippen LogP contribution in [0, 0.1) is 6.92 Å². The highest BCUT2D eigenvalue weighted by Gasteiger charge is 2.15. The minimum Gasteiger partial charge on any atom is -0.378 e. The van der Waals surface area contributed by atoms with Crippen molar-refractivity contribution in [1.29, 1.82) is 0 Å². The highest BCUT2D eigenvalue weighted by molar-refractivity contribution is 9.10. The van der Waals surface area contributed by atoms with Gasteiger partial charge in [-0.2, -0.15) is 0 Å². The van der Waals surface area contributed by atoms with Crippen molar-refractivity contribution in [3.63, 3.8) is 0 Å².